The zero-order valence-electron chi connectivity index (χ0n) is 19.8. The zero-order chi connectivity index (χ0) is 23.8. The lowest BCUT2D eigenvalue weighted by Gasteiger charge is -2.37. The van der Waals surface area contributed by atoms with Crippen molar-refractivity contribution in [3.05, 3.63) is 101 Å². The molecule has 0 aliphatic carbocycles. The van der Waals surface area contributed by atoms with Crippen LogP contribution in [0.2, 0.25) is 0 Å². The first-order valence-electron chi connectivity index (χ1n) is 11.1. The molecule has 0 saturated carbocycles. The standard InChI is InChI=1S/C28H33NO4/c1-28(2,3)29(18-21-11-7-5-8-12-21)19-25(30)23-15-16-26(24(17-23)27(31)32-4)33-20-22-13-9-6-10-14-22/h5-17,25,30H,18-20H2,1-4H3. The van der Waals surface area contributed by atoms with E-state index in [0.717, 1.165) is 5.56 Å². The van der Waals surface area contributed by atoms with E-state index in [1.807, 2.05) is 48.5 Å². The number of carbonyl (C=O) groups is 1. The fraction of sp³-hybridized carbons (Fsp3) is 0.321. The summed E-state index contributed by atoms with van der Waals surface area (Å²) in [7, 11) is 1.34. The maximum absolute atomic E-state index is 12.4. The van der Waals surface area contributed by atoms with Gasteiger partial charge in [-0.05, 0) is 49.6 Å². The third-order valence-corrected chi connectivity index (χ3v) is 5.59. The molecule has 0 radical (unpaired) electrons. The Bertz CT molecular complexity index is 1030. The van der Waals surface area contributed by atoms with Gasteiger partial charge in [-0.1, -0.05) is 66.7 Å². The molecule has 1 atom stereocenters. The number of aliphatic hydroxyl groups is 1. The zero-order valence-corrected chi connectivity index (χ0v) is 19.8. The van der Waals surface area contributed by atoms with Gasteiger partial charge in [-0.2, -0.15) is 0 Å². The summed E-state index contributed by atoms with van der Waals surface area (Å²) in [4.78, 5) is 14.7. The molecule has 0 aliphatic heterocycles. The van der Waals surface area contributed by atoms with Gasteiger partial charge in [0.2, 0.25) is 0 Å². The molecule has 0 saturated heterocycles. The minimum atomic E-state index is -0.778. The highest BCUT2D eigenvalue weighted by atomic mass is 16.5. The van der Waals surface area contributed by atoms with E-state index in [4.69, 9.17) is 9.47 Å². The molecule has 1 N–H and O–H groups in total. The molecule has 5 nitrogen and oxygen atoms in total. The Morgan fingerprint density at radius 2 is 1.55 bits per heavy atom. The van der Waals surface area contributed by atoms with Crippen LogP contribution in [-0.4, -0.2) is 35.2 Å². The molecule has 3 aromatic carbocycles. The van der Waals surface area contributed by atoms with Gasteiger partial charge in [0, 0.05) is 18.6 Å². The van der Waals surface area contributed by atoms with Crippen molar-refractivity contribution < 1.29 is 19.4 Å². The Kier molecular flexibility index (Phi) is 8.26. The largest absolute Gasteiger partial charge is 0.488 e. The highest BCUT2D eigenvalue weighted by molar-refractivity contribution is 5.92. The van der Waals surface area contributed by atoms with Crippen molar-refractivity contribution in [3.8, 4) is 5.75 Å². The summed E-state index contributed by atoms with van der Waals surface area (Å²) in [6, 6.07) is 25.1. The third kappa shape index (κ3) is 6.91. The second-order valence-corrected chi connectivity index (χ2v) is 9.07. The number of carbonyl (C=O) groups excluding carboxylic acids is 1. The summed E-state index contributed by atoms with van der Waals surface area (Å²) in [5, 5.41) is 11.1. The number of esters is 1. The lowest BCUT2D eigenvalue weighted by atomic mass is 10.00. The van der Waals surface area contributed by atoms with Gasteiger partial charge in [0.25, 0.3) is 0 Å². The fourth-order valence-electron chi connectivity index (χ4n) is 3.58. The SMILES string of the molecule is COC(=O)c1cc(C(O)CN(Cc2ccccc2)C(C)(C)C)ccc1OCc1ccccc1. The number of hydrogen-bond donors (Lipinski definition) is 1. The van der Waals surface area contributed by atoms with Crippen LogP contribution in [0.1, 0.15) is 53.9 Å². The maximum Gasteiger partial charge on any atom is 0.341 e. The van der Waals surface area contributed by atoms with Crippen LogP contribution in [0.25, 0.3) is 0 Å². The lowest BCUT2D eigenvalue weighted by Crippen LogP contribution is -2.43. The van der Waals surface area contributed by atoms with Gasteiger partial charge >= 0.3 is 5.97 Å². The summed E-state index contributed by atoms with van der Waals surface area (Å²) in [6.07, 6.45) is -0.778. The average Bonchev–Trinajstić information content (AvgIpc) is 2.82. The minimum absolute atomic E-state index is 0.152. The summed E-state index contributed by atoms with van der Waals surface area (Å²) in [5.41, 5.74) is 2.97. The second-order valence-electron chi connectivity index (χ2n) is 9.07. The molecule has 0 aromatic heterocycles. The topological polar surface area (TPSA) is 59.0 Å². The van der Waals surface area contributed by atoms with Crippen LogP contribution >= 0.6 is 0 Å². The number of rotatable bonds is 9. The molecule has 174 valence electrons. The molecular formula is C28H33NO4. The molecule has 1 unspecified atom stereocenters. The molecule has 0 spiro atoms. The smallest absolute Gasteiger partial charge is 0.341 e. The number of β-amino-alcohol motifs (C(OH)–C–C–N with tert-alkyl or cyclic N) is 1. The Balaban J connectivity index is 1.79. The summed E-state index contributed by atoms with van der Waals surface area (Å²) >= 11 is 0. The molecule has 3 aromatic rings. The average molecular weight is 448 g/mol. The van der Waals surface area contributed by atoms with E-state index in [0.29, 0.717) is 36.6 Å². The van der Waals surface area contributed by atoms with Crippen LogP contribution in [0.3, 0.4) is 0 Å². The molecule has 33 heavy (non-hydrogen) atoms. The molecule has 0 fully saturated rings. The first kappa shape index (κ1) is 24.5. The van der Waals surface area contributed by atoms with Crippen LogP contribution in [-0.2, 0) is 17.9 Å². The first-order chi connectivity index (χ1) is 15.8. The van der Waals surface area contributed by atoms with Gasteiger partial charge in [-0.15, -0.1) is 0 Å². The Morgan fingerprint density at radius 1 is 0.939 bits per heavy atom. The van der Waals surface area contributed by atoms with Crippen LogP contribution in [0.5, 0.6) is 5.75 Å². The van der Waals surface area contributed by atoms with E-state index in [9.17, 15) is 9.90 Å². The molecule has 0 heterocycles. The molecule has 0 bridgehead atoms. The lowest BCUT2D eigenvalue weighted by molar-refractivity contribution is 0.0519. The number of methoxy groups -OCH3 is 1. The molecule has 0 amide bonds. The highest BCUT2D eigenvalue weighted by Gasteiger charge is 2.25. The number of hydrogen-bond acceptors (Lipinski definition) is 5. The molecule has 0 aliphatic rings. The van der Waals surface area contributed by atoms with E-state index in [-0.39, 0.29) is 5.54 Å². The Hall–Kier alpha value is -3.15. The third-order valence-electron chi connectivity index (χ3n) is 5.59. The van der Waals surface area contributed by atoms with Crippen LogP contribution < -0.4 is 4.74 Å². The number of aliphatic hydroxyl groups excluding tert-OH is 1. The quantitative estimate of drug-likeness (QED) is 0.446. The second kappa shape index (κ2) is 11.1. The number of ether oxygens (including phenoxy) is 2. The van der Waals surface area contributed by atoms with Gasteiger partial charge in [-0.25, -0.2) is 4.79 Å². The van der Waals surface area contributed by atoms with E-state index in [1.54, 1.807) is 18.2 Å². The van der Waals surface area contributed by atoms with Crippen molar-refractivity contribution >= 4 is 5.97 Å². The van der Waals surface area contributed by atoms with Crippen molar-refractivity contribution in [2.75, 3.05) is 13.7 Å². The van der Waals surface area contributed by atoms with Crippen molar-refractivity contribution in [2.24, 2.45) is 0 Å². The van der Waals surface area contributed by atoms with Crippen molar-refractivity contribution in [2.45, 2.75) is 45.6 Å². The fourth-order valence-corrected chi connectivity index (χ4v) is 3.58. The first-order valence-corrected chi connectivity index (χ1v) is 11.1. The van der Waals surface area contributed by atoms with E-state index >= 15 is 0 Å². The van der Waals surface area contributed by atoms with E-state index in [2.05, 4.69) is 37.8 Å². The van der Waals surface area contributed by atoms with Crippen molar-refractivity contribution in [3.63, 3.8) is 0 Å². The summed E-state index contributed by atoms with van der Waals surface area (Å²) in [6.45, 7) is 7.85. The monoisotopic (exact) mass is 447 g/mol. The Morgan fingerprint density at radius 3 is 2.12 bits per heavy atom. The maximum atomic E-state index is 12.4. The van der Waals surface area contributed by atoms with Gasteiger partial charge in [0.1, 0.15) is 17.9 Å². The Labute approximate surface area is 196 Å². The van der Waals surface area contributed by atoms with Gasteiger partial charge in [-0.3, -0.25) is 4.90 Å². The number of nitrogens with zero attached hydrogens (tertiary/aromatic N) is 1. The van der Waals surface area contributed by atoms with E-state index in [1.165, 1.54) is 12.7 Å². The number of benzene rings is 3. The molecule has 3 rings (SSSR count). The molecular weight excluding hydrogens is 414 g/mol. The van der Waals surface area contributed by atoms with Gasteiger partial charge < -0.3 is 14.6 Å². The van der Waals surface area contributed by atoms with Crippen molar-refractivity contribution in [1.29, 1.82) is 0 Å². The van der Waals surface area contributed by atoms with Crippen molar-refractivity contribution in [1.82, 2.24) is 4.90 Å². The van der Waals surface area contributed by atoms with Crippen LogP contribution in [0.4, 0.5) is 0 Å². The van der Waals surface area contributed by atoms with E-state index < -0.39 is 12.1 Å². The van der Waals surface area contributed by atoms with Crippen LogP contribution in [0.15, 0.2) is 78.9 Å². The van der Waals surface area contributed by atoms with Gasteiger partial charge in [0.05, 0.1) is 13.2 Å². The predicted molar refractivity (Wildman–Crippen MR) is 130 cm³/mol. The van der Waals surface area contributed by atoms with Gasteiger partial charge in [0.15, 0.2) is 0 Å². The minimum Gasteiger partial charge on any atom is -0.488 e. The molecule has 5 heteroatoms. The normalized spacial score (nSPS) is 12.4. The highest BCUT2D eigenvalue weighted by Crippen LogP contribution is 2.28. The van der Waals surface area contributed by atoms with Crippen LogP contribution in [0, 0.1) is 0 Å². The summed E-state index contributed by atoms with van der Waals surface area (Å²) < 4.78 is 10.9. The summed E-state index contributed by atoms with van der Waals surface area (Å²) in [5.74, 6) is -0.0670. The predicted octanol–water partition coefficient (Wildman–Crippen LogP) is 5.39.